The number of hydrogen-bond acceptors (Lipinski definition) is 21. The van der Waals surface area contributed by atoms with Crippen molar-refractivity contribution in [2.24, 2.45) is 0 Å². The number of nitrogens with one attached hydrogen (secondary N) is 2. The van der Waals surface area contributed by atoms with E-state index in [4.69, 9.17) is 37.6 Å². The van der Waals surface area contributed by atoms with Gasteiger partial charge in [0, 0.05) is 20.1 Å². The Morgan fingerprint density at radius 1 is 0.962 bits per heavy atom. The lowest BCUT2D eigenvalue weighted by Crippen LogP contribution is -2.55. The van der Waals surface area contributed by atoms with Crippen LogP contribution in [0.4, 0.5) is 23.4 Å². The first-order chi connectivity index (χ1) is 24.2. The summed E-state index contributed by atoms with van der Waals surface area (Å²) in [6.07, 6.45) is -6.99. The van der Waals surface area contributed by atoms with E-state index in [1.54, 1.807) is 28.8 Å². The second-order valence-corrected chi connectivity index (χ2v) is 16.7. The van der Waals surface area contributed by atoms with Crippen molar-refractivity contribution in [1.82, 2.24) is 34.4 Å². The second-order valence-electron chi connectivity index (χ2n) is 11.9. The molecule has 52 heavy (non-hydrogen) atoms. The number of anilines is 4. The van der Waals surface area contributed by atoms with Crippen LogP contribution in [0, 0.1) is 0 Å². The highest BCUT2D eigenvalue weighted by molar-refractivity contribution is 7.86. The smallest absolute Gasteiger partial charge is 0.387 e. The average molecular weight is 795 g/mol. The summed E-state index contributed by atoms with van der Waals surface area (Å²) in [4.78, 5) is 66.7. The molecule has 0 aromatic carbocycles. The molecule has 6 rings (SSSR count). The summed E-state index contributed by atoms with van der Waals surface area (Å²) in [6.45, 7) is -0.922. The minimum absolute atomic E-state index is 0.111. The number of aliphatic hydroxyl groups excluding tert-OH is 2. The van der Waals surface area contributed by atoms with Gasteiger partial charge in [-0.2, -0.15) is 9.97 Å². The van der Waals surface area contributed by atoms with Gasteiger partial charge in [-0.25, -0.2) is 22.7 Å². The molecular formula is C22H33BN11O15P3. The number of ether oxygens (including phenoxy) is 2. The summed E-state index contributed by atoms with van der Waals surface area (Å²) in [5.41, 5.74) is 10.1. The van der Waals surface area contributed by atoms with Crippen LogP contribution in [0.5, 0.6) is 0 Å². The lowest BCUT2D eigenvalue weighted by Gasteiger charge is -2.40. The zero-order chi connectivity index (χ0) is 37.9. The predicted molar refractivity (Wildman–Crippen MR) is 177 cm³/mol. The van der Waals surface area contributed by atoms with Crippen molar-refractivity contribution < 1.29 is 60.8 Å². The molecule has 30 heteroatoms. The summed E-state index contributed by atoms with van der Waals surface area (Å²) < 4.78 is 69.0. The summed E-state index contributed by atoms with van der Waals surface area (Å²) in [5, 5.41) is 21.0. The molecule has 10 N–H and O–H groups in total. The highest BCUT2D eigenvalue weighted by Crippen LogP contribution is 2.67. The Kier molecular flexibility index (Phi) is 10.5. The maximum Gasteiger partial charge on any atom is 0.478 e. The van der Waals surface area contributed by atoms with Crippen LogP contribution >= 0.6 is 23.1 Å². The largest absolute Gasteiger partial charge is 0.478 e. The molecule has 0 saturated carbocycles. The number of likely N-dealkylation sites (N-methyl/N-ethyl adjacent to an activating group) is 1. The molecule has 0 aliphatic carbocycles. The van der Waals surface area contributed by atoms with Crippen molar-refractivity contribution in [3.63, 3.8) is 0 Å². The Morgan fingerprint density at radius 2 is 1.60 bits per heavy atom. The molecule has 3 aromatic rings. The fourth-order valence-electron chi connectivity index (χ4n) is 5.79. The van der Waals surface area contributed by atoms with Crippen molar-refractivity contribution in [3.05, 3.63) is 27.0 Å². The van der Waals surface area contributed by atoms with Gasteiger partial charge in [0.25, 0.3) is 18.6 Å². The molecule has 0 bridgehead atoms. The normalized spacial score (nSPS) is 28.8. The summed E-state index contributed by atoms with van der Waals surface area (Å²) in [5.74, 6) is -0.131. The summed E-state index contributed by atoms with van der Waals surface area (Å²) in [6, 6.07) is 0. The number of aromatic amines is 2. The van der Waals surface area contributed by atoms with Crippen LogP contribution in [-0.4, -0.2) is 140 Å². The highest BCUT2D eigenvalue weighted by Gasteiger charge is 2.47. The molecule has 3 unspecified atom stereocenters. The van der Waals surface area contributed by atoms with Gasteiger partial charge >= 0.3 is 15.6 Å². The molecule has 2 saturated heterocycles. The van der Waals surface area contributed by atoms with Crippen molar-refractivity contribution in [1.29, 1.82) is 0 Å². The fraction of sp³-hybridized carbons (Fsp3) is 0.591. The minimum atomic E-state index is -5.49. The Labute approximate surface area is 292 Å². The molecule has 284 valence electrons. The topological polar surface area (TPSA) is 359 Å². The summed E-state index contributed by atoms with van der Waals surface area (Å²) in [7, 11) is -7.54. The Bertz CT molecular complexity index is 2100. The number of phosphoric acid groups is 2. The van der Waals surface area contributed by atoms with Gasteiger partial charge in [0.15, 0.2) is 23.2 Å². The Hall–Kier alpha value is -3.26. The first kappa shape index (κ1) is 38.5. The standard InChI is InChI=1S/C22H33BN11O15P3/c1-31-3-9(46-11(4-31)34-8-32(2)13-17(34)28-22(25)30-19(13)38)5-44-51(40,41)48-50(23,39)49-52(42,43)45-6-10-14(35)15(36)20(47-10)33-7-26-12-16(33)27-21(24)29-18(12)37/h7,9-11,14-15,20,35-36H,3-6,8H2,1-2H3,(H,40,41)(H,42,43)(H3,24,27,29,37)(H3,25,28,30,38)/t9-,10+,11+,14+,15+,20+,50?/m0/s1. The number of morpholine rings is 1. The number of H-pyrrole nitrogens is 2. The SMILES string of the molecule is [B]P(=O)(OP(=O)(O)OC[C@@H]1CN(C)C[C@H](N2CN(C)c3c2nc(N)[nH]c3=O)O1)OP(=O)(O)OC[C@H]1O[C@@H](n2cnc3c(=O)[nH]c(N)nc32)[C@H](O)[C@@H]1O. The van der Waals surface area contributed by atoms with Gasteiger partial charge in [0.05, 0.1) is 32.3 Å². The van der Waals surface area contributed by atoms with E-state index in [1.807, 2.05) is 0 Å². The fourth-order valence-corrected chi connectivity index (χ4v) is 9.55. The van der Waals surface area contributed by atoms with Gasteiger partial charge in [-0.1, -0.05) is 0 Å². The maximum atomic E-state index is 12.7. The molecule has 6 heterocycles. The van der Waals surface area contributed by atoms with E-state index in [0.717, 1.165) is 10.9 Å². The molecule has 2 fully saturated rings. The van der Waals surface area contributed by atoms with E-state index in [1.165, 1.54) is 0 Å². The molecule has 9 atom stereocenters. The molecule has 26 nitrogen and oxygen atoms in total. The number of hydrogen-bond donors (Lipinski definition) is 8. The van der Waals surface area contributed by atoms with Crippen molar-refractivity contribution in [3.8, 4) is 0 Å². The highest BCUT2D eigenvalue weighted by atomic mass is 31.3. The van der Waals surface area contributed by atoms with Gasteiger partial charge in [-0.3, -0.25) is 42.6 Å². The third kappa shape index (κ3) is 8.12. The van der Waals surface area contributed by atoms with Crippen molar-refractivity contribution in [2.45, 2.75) is 36.9 Å². The predicted octanol–water partition coefficient (Wildman–Crippen LogP) is -2.90. The number of imidazole rings is 1. The number of nitrogens with two attached hydrogens (primary N) is 2. The molecule has 2 radical (unpaired) electrons. The Balaban J connectivity index is 1.03. The van der Waals surface area contributed by atoms with Crippen LogP contribution in [0.15, 0.2) is 15.9 Å². The summed E-state index contributed by atoms with van der Waals surface area (Å²) >= 11 is 0. The van der Waals surface area contributed by atoms with Gasteiger partial charge < -0.3 is 50.7 Å². The van der Waals surface area contributed by atoms with Crippen LogP contribution in [-0.2, 0) is 40.8 Å². The van der Waals surface area contributed by atoms with Crippen LogP contribution in [0.3, 0.4) is 0 Å². The lowest BCUT2D eigenvalue weighted by molar-refractivity contribution is -0.0949. The van der Waals surface area contributed by atoms with Crippen LogP contribution < -0.4 is 32.4 Å². The number of nitrogen functional groups attached to an aromatic ring is 2. The maximum absolute atomic E-state index is 12.7. The lowest BCUT2D eigenvalue weighted by atomic mass is 10.1. The zero-order valence-corrected chi connectivity index (χ0v) is 29.7. The van der Waals surface area contributed by atoms with E-state index in [0.29, 0.717) is 6.54 Å². The number of fused-ring (bicyclic) bond motifs is 2. The average Bonchev–Trinajstić information content (AvgIpc) is 3.67. The number of aliphatic hydroxyl groups is 2. The second kappa shape index (κ2) is 14.2. The minimum Gasteiger partial charge on any atom is -0.387 e. The first-order valence-electron chi connectivity index (χ1n) is 14.9. The van der Waals surface area contributed by atoms with Crippen molar-refractivity contribution >= 4 is 65.3 Å². The first-order valence-corrected chi connectivity index (χ1v) is 19.5. The molecule has 3 aliphatic heterocycles. The van der Waals surface area contributed by atoms with E-state index >= 15 is 0 Å². The third-order valence-corrected chi connectivity index (χ3v) is 12.3. The molecule has 3 aromatic heterocycles. The van der Waals surface area contributed by atoms with E-state index in [2.05, 4.69) is 33.5 Å². The number of aromatic nitrogens is 6. The Morgan fingerprint density at radius 3 is 2.29 bits per heavy atom. The van der Waals surface area contributed by atoms with Crippen LogP contribution in [0.2, 0.25) is 0 Å². The number of rotatable bonds is 12. The quantitative estimate of drug-likeness (QED) is 0.0673. The van der Waals surface area contributed by atoms with E-state index < -0.39 is 84.3 Å². The van der Waals surface area contributed by atoms with Gasteiger partial charge in [-0.15, -0.1) is 0 Å². The van der Waals surface area contributed by atoms with Crippen LogP contribution in [0.25, 0.3) is 11.2 Å². The van der Waals surface area contributed by atoms with Crippen LogP contribution in [0.1, 0.15) is 6.23 Å². The number of nitrogens with zero attached hydrogens (tertiary/aromatic N) is 7. The van der Waals surface area contributed by atoms with E-state index in [-0.39, 0.29) is 47.8 Å². The van der Waals surface area contributed by atoms with Crippen molar-refractivity contribution in [2.75, 3.05) is 68.3 Å². The van der Waals surface area contributed by atoms with Gasteiger partial charge in [0.2, 0.25) is 19.5 Å². The molecular weight excluding hydrogens is 762 g/mol. The number of phosphoric ester groups is 2. The molecule has 0 spiro atoms. The van der Waals surface area contributed by atoms with Gasteiger partial charge in [0.1, 0.15) is 30.2 Å². The molecule has 0 amide bonds. The third-order valence-electron chi connectivity index (χ3n) is 7.91. The monoisotopic (exact) mass is 795 g/mol. The molecule has 3 aliphatic rings. The van der Waals surface area contributed by atoms with Gasteiger partial charge in [-0.05, 0) is 7.05 Å². The van der Waals surface area contributed by atoms with E-state index in [9.17, 15) is 43.3 Å². The zero-order valence-electron chi connectivity index (χ0n) is 27.1.